The van der Waals surface area contributed by atoms with Gasteiger partial charge in [-0.15, -0.1) is 0 Å². The van der Waals surface area contributed by atoms with E-state index in [4.69, 9.17) is 23.2 Å². The monoisotopic (exact) mass is 380 g/mol. The van der Waals surface area contributed by atoms with Crippen molar-refractivity contribution in [1.29, 1.82) is 0 Å². The maximum atomic E-state index is 12.7. The summed E-state index contributed by atoms with van der Waals surface area (Å²) in [6.45, 7) is 0. The molecule has 1 aromatic rings. The molecule has 0 fully saturated rings. The fourth-order valence-corrected chi connectivity index (χ4v) is 7.31. The van der Waals surface area contributed by atoms with Crippen molar-refractivity contribution in [1.82, 2.24) is 0 Å². The SMILES string of the molecule is F[C](Cl)(Cl)[Hg][c]1ccccc1. The normalized spacial score (nSPS) is 10.8. The van der Waals surface area contributed by atoms with Crippen molar-refractivity contribution >= 4 is 26.3 Å². The summed E-state index contributed by atoms with van der Waals surface area (Å²) in [7, 11) is 0. The molecular weight excluding hydrogens is 375 g/mol. The molecule has 11 heavy (non-hydrogen) atoms. The van der Waals surface area contributed by atoms with E-state index >= 15 is 0 Å². The molecule has 0 bridgehead atoms. The van der Waals surface area contributed by atoms with Crippen molar-refractivity contribution in [3.05, 3.63) is 30.3 Å². The van der Waals surface area contributed by atoms with E-state index < -0.39 is 26.7 Å². The molecule has 0 radical (unpaired) electrons. The molecule has 0 spiro atoms. The minimum atomic E-state index is -1.95. The zero-order chi connectivity index (χ0) is 8.32. The second kappa shape index (κ2) is 4.06. The summed E-state index contributed by atoms with van der Waals surface area (Å²) in [5.74, 6) is 0. The van der Waals surface area contributed by atoms with Crippen LogP contribution in [-0.4, -0.2) is 2.10 Å². The quantitative estimate of drug-likeness (QED) is 0.547. The van der Waals surface area contributed by atoms with Gasteiger partial charge < -0.3 is 0 Å². The van der Waals surface area contributed by atoms with Gasteiger partial charge >= 0.3 is 87.7 Å². The Bertz CT molecular complexity index is 220. The van der Waals surface area contributed by atoms with E-state index in [0.717, 1.165) is 3.07 Å². The third-order valence-corrected chi connectivity index (χ3v) is 8.57. The topological polar surface area (TPSA) is 0 Å². The van der Waals surface area contributed by atoms with Crippen molar-refractivity contribution in [3.63, 3.8) is 0 Å². The van der Waals surface area contributed by atoms with E-state index in [1.54, 1.807) is 0 Å². The van der Waals surface area contributed by atoms with Gasteiger partial charge in [0.1, 0.15) is 0 Å². The molecule has 0 atom stereocenters. The van der Waals surface area contributed by atoms with Gasteiger partial charge in [-0.3, -0.25) is 0 Å². The molecular formula is C7H5Cl2FHg. The van der Waals surface area contributed by atoms with Crippen LogP contribution < -0.4 is 3.07 Å². The number of hydrogen-bond donors (Lipinski definition) is 0. The van der Waals surface area contributed by atoms with Crippen LogP contribution in [-0.2, 0) is 24.6 Å². The van der Waals surface area contributed by atoms with Crippen LogP contribution in [0.1, 0.15) is 0 Å². The number of benzene rings is 1. The summed E-state index contributed by atoms with van der Waals surface area (Å²) in [6, 6.07) is 9.38. The first-order valence-electron chi connectivity index (χ1n) is 3.18. The van der Waals surface area contributed by atoms with Gasteiger partial charge in [0.05, 0.1) is 0 Å². The second-order valence-electron chi connectivity index (χ2n) is 2.28. The van der Waals surface area contributed by atoms with E-state index in [-0.39, 0.29) is 0 Å². The van der Waals surface area contributed by atoms with Gasteiger partial charge in [0.25, 0.3) is 0 Å². The fourth-order valence-electron chi connectivity index (χ4n) is 0.827. The standard InChI is InChI=1S/C6H5.CCl2F.Hg/c1-2-4-6-5-3-1;2-1(3)4;/h1-5H;;. The van der Waals surface area contributed by atoms with Crippen molar-refractivity contribution < 1.29 is 29.0 Å². The van der Waals surface area contributed by atoms with Crippen molar-refractivity contribution in [2.75, 3.05) is 0 Å². The number of hydrogen-bond acceptors (Lipinski definition) is 0. The second-order valence-corrected chi connectivity index (χ2v) is 15.5. The van der Waals surface area contributed by atoms with E-state index in [9.17, 15) is 4.39 Å². The summed E-state index contributed by atoms with van der Waals surface area (Å²) in [5.41, 5.74) is 0. The molecule has 56 valence electrons. The summed E-state index contributed by atoms with van der Waals surface area (Å²) < 4.78 is 11.8. The molecule has 0 aliphatic heterocycles. The van der Waals surface area contributed by atoms with E-state index in [2.05, 4.69) is 0 Å². The maximum absolute atomic E-state index is 12.7. The molecule has 0 aliphatic rings. The minimum absolute atomic E-state index is 1.01. The van der Waals surface area contributed by atoms with Crippen LogP contribution in [0.2, 0.25) is 0 Å². The first kappa shape index (κ1) is 9.75. The van der Waals surface area contributed by atoms with Gasteiger partial charge in [-0.1, -0.05) is 0 Å². The molecule has 0 N–H and O–H groups in total. The van der Waals surface area contributed by atoms with Crippen molar-refractivity contribution in [2.45, 2.75) is 2.10 Å². The predicted molar refractivity (Wildman–Crippen MR) is 41.6 cm³/mol. The Morgan fingerprint density at radius 1 is 1.18 bits per heavy atom. The fraction of sp³-hybridized carbons (Fsp3) is 0.143. The number of halogens is 3. The molecule has 0 saturated heterocycles. The van der Waals surface area contributed by atoms with Gasteiger partial charge in [0.15, 0.2) is 0 Å². The zero-order valence-corrected chi connectivity index (χ0v) is 12.7. The molecule has 0 amide bonds. The number of alkyl halides is 3. The Kier molecular flexibility index (Phi) is 3.60. The Labute approximate surface area is 87.1 Å². The zero-order valence-electron chi connectivity index (χ0n) is 5.73. The Balaban J connectivity index is 2.66. The summed E-state index contributed by atoms with van der Waals surface area (Å²) in [5, 5.41) is 0. The first-order valence-corrected chi connectivity index (χ1v) is 9.44. The van der Waals surface area contributed by atoms with E-state index in [1.807, 2.05) is 30.3 Å². The molecule has 0 nitrogen and oxygen atoms in total. The first-order chi connectivity index (χ1) is 5.08. The van der Waals surface area contributed by atoms with Crippen LogP contribution in [0.25, 0.3) is 0 Å². The Morgan fingerprint density at radius 2 is 1.73 bits per heavy atom. The van der Waals surface area contributed by atoms with Crippen molar-refractivity contribution in [2.24, 2.45) is 0 Å². The third kappa shape index (κ3) is 4.29. The van der Waals surface area contributed by atoms with E-state index in [0.29, 0.717) is 0 Å². The average molecular weight is 380 g/mol. The molecule has 4 heteroatoms. The summed E-state index contributed by atoms with van der Waals surface area (Å²) >= 11 is 8.58. The van der Waals surface area contributed by atoms with Crippen LogP contribution in [0.3, 0.4) is 0 Å². The van der Waals surface area contributed by atoms with Crippen LogP contribution in [0.15, 0.2) is 30.3 Å². The van der Waals surface area contributed by atoms with Crippen LogP contribution in [0.5, 0.6) is 0 Å². The Hall–Kier alpha value is 0.665. The average Bonchev–Trinajstić information content (AvgIpc) is 1.85. The van der Waals surface area contributed by atoms with Gasteiger partial charge in [-0.05, 0) is 0 Å². The van der Waals surface area contributed by atoms with Gasteiger partial charge in [0.2, 0.25) is 0 Å². The van der Waals surface area contributed by atoms with Crippen LogP contribution in [0, 0.1) is 0 Å². The van der Waals surface area contributed by atoms with Gasteiger partial charge in [-0.25, -0.2) is 0 Å². The molecule has 1 rings (SSSR count). The van der Waals surface area contributed by atoms with E-state index in [1.165, 1.54) is 0 Å². The summed E-state index contributed by atoms with van der Waals surface area (Å²) in [6.07, 6.45) is 0. The van der Waals surface area contributed by atoms with Crippen LogP contribution >= 0.6 is 23.2 Å². The molecule has 0 aromatic heterocycles. The van der Waals surface area contributed by atoms with Crippen molar-refractivity contribution in [3.8, 4) is 0 Å². The predicted octanol–water partition coefficient (Wildman–Crippen LogP) is 2.45. The number of rotatable bonds is 2. The van der Waals surface area contributed by atoms with Crippen LogP contribution in [0.4, 0.5) is 4.39 Å². The Morgan fingerprint density at radius 3 is 2.18 bits per heavy atom. The third-order valence-electron chi connectivity index (χ3n) is 1.25. The molecule has 0 unspecified atom stereocenters. The molecule has 0 heterocycles. The molecule has 0 aliphatic carbocycles. The van der Waals surface area contributed by atoms with Gasteiger partial charge in [-0.2, -0.15) is 0 Å². The molecule has 1 aromatic carbocycles. The molecule has 0 saturated carbocycles. The summed E-state index contributed by atoms with van der Waals surface area (Å²) in [4.78, 5) is 0. The van der Waals surface area contributed by atoms with Gasteiger partial charge in [0, 0.05) is 0 Å².